The number of hydrogen-bond donors (Lipinski definition) is 0. The Kier molecular flexibility index (Phi) is 5.36. The third-order valence-electron chi connectivity index (χ3n) is 6.24. The molecule has 1 saturated heterocycles. The van der Waals surface area contributed by atoms with Gasteiger partial charge in [0.2, 0.25) is 0 Å². The number of carbonyl (C=O) groups excluding carboxylic acids is 1. The lowest BCUT2D eigenvalue weighted by Crippen LogP contribution is -2.52. The number of nitrogens with zero attached hydrogens (tertiary/aromatic N) is 9. The average molecular weight is 498 g/mol. The molecule has 0 bridgehead atoms. The van der Waals surface area contributed by atoms with E-state index in [2.05, 4.69) is 42.5 Å². The van der Waals surface area contributed by atoms with Gasteiger partial charge >= 0.3 is 6.09 Å². The standard InChI is InChI=1S/C26H27N9O2/c1-16-10-28-24-31-30-23(35(24)32-16)8-17-5-6-22-18(7-17)9-19(11-27-22)20-12-29-34(13-20)21-14-33(15-21)25(36)37-26(2,3)4/h5-7,9-13,21H,8,14-15H2,1-4H3. The molecule has 188 valence electrons. The number of carbonyl (C=O) groups is 1. The lowest BCUT2D eigenvalue weighted by molar-refractivity contribution is -0.000383. The van der Waals surface area contributed by atoms with Crippen LogP contribution in [0, 0.1) is 6.92 Å². The minimum atomic E-state index is -0.500. The van der Waals surface area contributed by atoms with Gasteiger partial charge in [-0.25, -0.2) is 9.78 Å². The number of aromatic nitrogens is 8. The van der Waals surface area contributed by atoms with Crippen molar-refractivity contribution in [2.75, 3.05) is 13.1 Å². The van der Waals surface area contributed by atoms with Gasteiger partial charge in [-0.3, -0.25) is 9.67 Å². The predicted molar refractivity (Wildman–Crippen MR) is 136 cm³/mol. The Morgan fingerprint density at radius 1 is 1.05 bits per heavy atom. The highest BCUT2D eigenvalue weighted by Gasteiger charge is 2.35. The molecule has 1 aliphatic rings. The second kappa shape index (κ2) is 8.61. The number of rotatable bonds is 4. The predicted octanol–water partition coefficient (Wildman–Crippen LogP) is 3.62. The fraction of sp³-hybridized carbons (Fsp3) is 0.346. The summed E-state index contributed by atoms with van der Waals surface area (Å²) in [6.45, 7) is 8.66. The van der Waals surface area contributed by atoms with E-state index in [0.717, 1.165) is 39.1 Å². The van der Waals surface area contributed by atoms with Crippen LogP contribution < -0.4 is 0 Å². The molecular formula is C26H27N9O2. The van der Waals surface area contributed by atoms with Crippen molar-refractivity contribution >= 4 is 22.8 Å². The molecule has 11 heteroatoms. The summed E-state index contributed by atoms with van der Waals surface area (Å²) in [5.41, 5.74) is 4.25. The molecule has 1 amide bonds. The fourth-order valence-electron chi connectivity index (χ4n) is 4.35. The molecular weight excluding hydrogens is 470 g/mol. The Morgan fingerprint density at radius 3 is 2.70 bits per heavy atom. The number of fused-ring (bicyclic) bond motifs is 2. The van der Waals surface area contributed by atoms with Gasteiger partial charge in [0.05, 0.1) is 29.6 Å². The molecule has 6 rings (SSSR count). The molecule has 0 N–H and O–H groups in total. The summed E-state index contributed by atoms with van der Waals surface area (Å²) in [5, 5.41) is 18.4. The van der Waals surface area contributed by atoms with Crippen LogP contribution >= 0.6 is 0 Å². The number of benzene rings is 1. The lowest BCUT2D eigenvalue weighted by atomic mass is 10.0. The zero-order valence-electron chi connectivity index (χ0n) is 21.2. The number of likely N-dealkylation sites (tertiary alicyclic amines) is 1. The molecule has 1 aromatic carbocycles. The monoisotopic (exact) mass is 497 g/mol. The van der Waals surface area contributed by atoms with Crippen LogP contribution in [0.3, 0.4) is 0 Å². The molecule has 11 nitrogen and oxygen atoms in total. The van der Waals surface area contributed by atoms with Crippen LogP contribution in [0.2, 0.25) is 0 Å². The molecule has 0 atom stereocenters. The second-order valence-electron chi connectivity index (χ2n) is 10.4. The SMILES string of the molecule is Cc1cnc2nnc(Cc3ccc4ncc(-c5cnn(C6CN(C(=O)OC(C)(C)C)C6)c5)cc4c3)n2n1. The Balaban J connectivity index is 1.19. The Labute approximate surface area is 213 Å². The van der Waals surface area contributed by atoms with Crippen LogP contribution in [0.5, 0.6) is 0 Å². The van der Waals surface area contributed by atoms with E-state index in [0.29, 0.717) is 25.3 Å². The molecule has 0 aliphatic carbocycles. The highest BCUT2D eigenvalue weighted by molar-refractivity contribution is 5.84. The Hall–Kier alpha value is -4.41. The van der Waals surface area contributed by atoms with Crippen LogP contribution in [0.15, 0.2) is 49.1 Å². The van der Waals surface area contributed by atoms with Gasteiger partial charge in [0.15, 0.2) is 5.82 Å². The van der Waals surface area contributed by atoms with Crippen molar-refractivity contribution in [1.29, 1.82) is 0 Å². The van der Waals surface area contributed by atoms with Crippen molar-refractivity contribution in [3.8, 4) is 11.1 Å². The van der Waals surface area contributed by atoms with Crippen molar-refractivity contribution in [1.82, 2.24) is 44.5 Å². The first-order chi connectivity index (χ1) is 17.7. The van der Waals surface area contributed by atoms with E-state index < -0.39 is 5.60 Å². The fourth-order valence-corrected chi connectivity index (χ4v) is 4.35. The molecule has 1 fully saturated rings. The highest BCUT2D eigenvalue weighted by Crippen LogP contribution is 2.28. The van der Waals surface area contributed by atoms with Gasteiger partial charge in [0, 0.05) is 48.4 Å². The largest absolute Gasteiger partial charge is 0.444 e. The minimum Gasteiger partial charge on any atom is -0.444 e. The summed E-state index contributed by atoms with van der Waals surface area (Å²) < 4.78 is 9.04. The minimum absolute atomic E-state index is 0.131. The highest BCUT2D eigenvalue weighted by atomic mass is 16.6. The van der Waals surface area contributed by atoms with Crippen molar-refractivity contribution in [3.05, 3.63) is 66.1 Å². The maximum Gasteiger partial charge on any atom is 0.410 e. The van der Waals surface area contributed by atoms with Crippen LogP contribution in [0.4, 0.5) is 4.79 Å². The smallest absolute Gasteiger partial charge is 0.410 e. The van der Waals surface area contributed by atoms with E-state index in [1.807, 2.05) is 63.1 Å². The summed E-state index contributed by atoms with van der Waals surface area (Å²) in [7, 11) is 0. The Bertz CT molecular complexity index is 1630. The summed E-state index contributed by atoms with van der Waals surface area (Å²) in [6.07, 6.45) is 7.68. The van der Waals surface area contributed by atoms with E-state index in [4.69, 9.17) is 4.74 Å². The first kappa shape index (κ1) is 23.0. The van der Waals surface area contributed by atoms with Gasteiger partial charge < -0.3 is 9.64 Å². The summed E-state index contributed by atoms with van der Waals surface area (Å²) in [5.74, 6) is 1.22. The van der Waals surface area contributed by atoms with Gasteiger partial charge in [-0.15, -0.1) is 10.2 Å². The quantitative estimate of drug-likeness (QED) is 0.370. The van der Waals surface area contributed by atoms with Crippen LogP contribution in [0.25, 0.3) is 27.8 Å². The topological polar surface area (TPSA) is 116 Å². The normalized spacial score (nSPS) is 14.3. The molecule has 4 aromatic heterocycles. The van der Waals surface area contributed by atoms with Gasteiger partial charge in [-0.1, -0.05) is 6.07 Å². The van der Waals surface area contributed by atoms with Gasteiger partial charge in [-0.05, 0) is 51.5 Å². The van der Waals surface area contributed by atoms with Gasteiger partial charge in [0.1, 0.15) is 5.60 Å². The van der Waals surface area contributed by atoms with Crippen molar-refractivity contribution in [2.24, 2.45) is 0 Å². The first-order valence-electron chi connectivity index (χ1n) is 12.2. The zero-order valence-corrected chi connectivity index (χ0v) is 21.2. The van der Waals surface area contributed by atoms with Crippen molar-refractivity contribution < 1.29 is 9.53 Å². The van der Waals surface area contributed by atoms with E-state index in [1.165, 1.54) is 0 Å². The number of aryl methyl sites for hydroxylation is 1. The number of ether oxygens (including phenoxy) is 1. The van der Waals surface area contributed by atoms with Crippen molar-refractivity contribution in [3.63, 3.8) is 0 Å². The summed E-state index contributed by atoms with van der Waals surface area (Å²) >= 11 is 0. The molecule has 37 heavy (non-hydrogen) atoms. The van der Waals surface area contributed by atoms with Crippen LogP contribution in [0.1, 0.15) is 43.9 Å². The molecule has 5 heterocycles. The Morgan fingerprint density at radius 2 is 1.89 bits per heavy atom. The number of pyridine rings is 1. The third kappa shape index (κ3) is 4.59. The molecule has 1 aliphatic heterocycles. The van der Waals surface area contributed by atoms with Gasteiger partial charge in [-0.2, -0.15) is 14.7 Å². The molecule has 0 unspecified atom stereocenters. The van der Waals surface area contributed by atoms with Gasteiger partial charge in [0.25, 0.3) is 5.78 Å². The molecule has 5 aromatic rings. The van der Waals surface area contributed by atoms with E-state index >= 15 is 0 Å². The number of hydrogen-bond acceptors (Lipinski definition) is 8. The van der Waals surface area contributed by atoms with Crippen LogP contribution in [-0.2, 0) is 11.2 Å². The third-order valence-corrected chi connectivity index (χ3v) is 6.24. The van der Waals surface area contributed by atoms with Crippen LogP contribution in [-0.4, -0.2) is 69.2 Å². The second-order valence-corrected chi connectivity index (χ2v) is 10.4. The number of amides is 1. The summed E-state index contributed by atoms with van der Waals surface area (Å²) in [6, 6.07) is 8.42. The zero-order chi connectivity index (χ0) is 25.7. The van der Waals surface area contributed by atoms with Crippen molar-refractivity contribution in [2.45, 2.75) is 45.8 Å². The summed E-state index contributed by atoms with van der Waals surface area (Å²) in [4.78, 5) is 22.8. The molecule has 0 radical (unpaired) electrons. The molecule has 0 spiro atoms. The molecule has 0 saturated carbocycles. The van der Waals surface area contributed by atoms with E-state index in [-0.39, 0.29) is 12.1 Å². The average Bonchev–Trinajstić information content (AvgIpc) is 3.44. The first-order valence-corrected chi connectivity index (χ1v) is 12.2. The lowest BCUT2D eigenvalue weighted by Gasteiger charge is -2.39. The maximum atomic E-state index is 12.2. The van der Waals surface area contributed by atoms with E-state index in [1.54, 1.807) is 15.6 Å². The maximum absolute atomic E-state index is 12.2. The van der Waals surface area contributed by atoms with E-state index in [9.17, 15) is 4.79 Å².